The molecular formula is C14H10ClNO5. The Kier molecular flexibility index (Phi) is 4.39. The molecule has 0 fully saturated rings. The van der Waals surface area contributed by atoms with E-state index in [0.29, 0.717) is 5.56 Å². The fourth-order valence-electron chi connectivity index (χ4n) is 1.75. The summed E-state index contributed by atoms with van der Waals surface area (Å²) in [5.74, 6) is -1.40. The van der Waals surface area contributed by atoms with E-state index in [0.717, 1.165) is 6.07 Å². The number of halogens is 1. The number of ether oxygens (including phenoxy) is 1. The Morgan fingerprint density at radius 2 is 1.90 bits per heavy atom. The largest absolute Gasteiger partial charge is 0.478 e. The highest BCUT2D eigenvalue weighted by atomic mass is 35.5. The molecule has 0 aliphatic carbocycles. The molecule has 0 saturated carbocycles. The highest BCUT2D eigenvalue weighted by Gasteiger charge is 2.26. The minimum absolute atomic E-state index is 0.152. The highest BCUT2D eigenvalue weighted by Crippen LogP contribution is 2.33. The number of nitro benzene ring substituents is 1. The van der Waals surface area contributed by atoms with E-state index in [4.69, 9.17) is 16.3 Å². The fraction of sp³-hybridized carbons (Fsp3) is 0.0714. The molecule has 1 N–H and O–H groups in total. The molecule has 0 spiro atoms. The van der Waals surface area contributed by atoms with E-state index < -0.39 is 17.0 Å². The van der Waals surface area contributed by atoms with E-state index in [1.165, 1.54) is 12.1 Å². The van der Waals surface area contributed by atoms with E-state index in [1.54, 1.807) is 30.3 Å². The summed E-state index contributed by atoms with van der Waals surface area (Å²) >= 11 is 5.70. The van der Waals surface area contributed by atoms with E-state index >= 15 is 0 Å². The van der Waals surface area contributed by atoms with Crippen molar-refractivity contribution in [1.82, 2.24) is 0 Å². The van der Waals surface area contributed by atoms with Gasteiger partial charge in [0.05, 0.1) is 4.92 Å². The molecule has 0 aliphatic heterocycles. The van der Waals surface area contributed by atoms with Crippen LogP contribution >= 0.6 is 11.6 Å². The normalized spacial score (nSPS) is 11.7. The summed E-state index contributed by atoms with van der Waals surface area (Å²) in [6.07, 6.45) is -1.34. The third-order valence-electron chi connectivity index (χ3n) is 2.69. The zero-order valence-electron chi connectivity index (χ0n) is 10.6. The predicted molar refractivity (Wildman–Crippen MR) is 75.6 cm³/mol. The molecular weight excluding hydrogens is 298 g/mol. The zero-order valence-corrected chi connectivity index (χ0v) is 11.4. The first-order valence-corrected chi connectivity index (χ1v) is 6.25. The van der Waals surface area contributed by atoms with Crippen LogP contribution in [0.5, 0.6) is 5.75 Å². The number of hydrogen-bond donors (Lipinski definition) is 1. The van der Waals surface area contributed by atoms with Gasteiger partial charge in [-0.25, -0.2) is 4.79 Å². The SMILES string of the molecule is O=C(O)C(Oc1ccc(Cl)cc1[N+](=O)[O-])c1ccccc1. The number of benzene rings is 2. The zero-order chi connectivity index (χ0) is 15.4. The molecule has 108 valence electrons. The summed E-state index contributed by atoms with van der Waals surface area (Å²) in [5.41, 5.74) is -0.000992. The summed E-state index contributed by atoms with van der Waals surface area (Å²) in [6, 6.07) is 12.0. The van der Waals surface area contributed by atoms with Gasteiger partial charge in [0.15, 0.2) is 5.75 Å². The van der Waals surface area contributed by atoms with E-state index in [9.17, 15) is 20.0 Å². The number of carbonyl (C=O) groups is 1. The minimum Gasteiger partial charge on any atom is -0.478 e. The highest BCUT2D eigenvalue weighted by molar-refractivity contribution is 6.30. The Balaban J connectivity index is 2.39. The first-order valence-electron chi connectivity index (χ1n) is 5.87. The van der Waals surface area contributed by atoms with Crippen molar-refractivity contribution >= 4 is 23.3 Å². The van der Waals surface area contributed by atoms with Crippen LogP contribution in [0, 0.1) is 10.1 Å². The van der Waals surface area contributed by atoms with Crippen molar-refractivity contribution in [1.29, 1.82) is 0 Å². The number of rotatable bonds is 5. The molecule has 2 aromatic carbocycles. The van der Waals surface area contributed by atoms with E-state index in [2.05, 4.69) is 0 Å². The van der Waals surface area contributed by atoms with Gasteiger partial charge in [-0.15, -0.1) is 0 Å². The van der Waals surface area contributed by atoms with Crippen molar-refractivity contribution in [2.75, 3.05) is 0 Å². The first-order chi connectivity index (χ1) is 9.99. The van der Waals surface area contributed by atoms with Crippen LogP contribution < -0.4 is 4.74 Å². The average Bonchev–Trinajstić information content (AvgIpc) is 2.46. The maximum atomic E-state index is 11.3. The standard InChI is InChI=1S/C14H10ClNO5/c15-10-6-7-12(11(8-10)16(19)20)21-13(14(17)18)9-4-2-1-3-5-9/h1-8,13H,(H,17,18). The van der Waals surface area contributed by atoms with Gasteiger partial charge >= 0.3 is 11.7 Å². The third-order valence-corrected chi connectivity index (χ3v) is 2.92. The lowest BCUT2D eigenvalue weighted by Crippen LogP contribution is -2.18. The number of nitrogens with zero attached hydrogens (tertiary/aromatic N) is 1. The van der Waals surface area contributed by atoms with Crippen molar-refractivity contribution in [3.8, 4) is 5.75 Å². The summed E-state index contributed by atoms with van der Waals surface area (Å²) in [4.78, 5) is 21.6. The van der Waals surface area contributed by atoms with Gasteiger partial charge in [-0.1, -0.05) is 41.9 Å². The molecule has 1 atom stereocenters. The molecule has 2 aromatic rings. The number of carboxylic acids is 1. The molecule has 0 amide bonds. The Morgan fingerprint density at radius 3 is 2.48 bits per heavy atom. The van der Waals surface area contributed by atoms with Crippen LogP contribution in [0.3, 0.4) is 0 Å². The van der Waals surface area contributed by atoms with Crippen LogP contribution in [0.15, 0.2) is 48.5 Å². The molecule has 0 saturated heterocycles. The van der Waals surface area contributed by atoms with E-state index in [-0.39, 0.29) is 16.5 Å². The first kappa shape index (κ1) is 14.8. The van der Waals surface area contributed by atoms with Gasteiger partial charge in [-0.2, -0.15) is 0 Å². The van der Waals surface area contributed by atoms with Crippen molar-refractivity contribution in [2.24, 2.45) is 0 Å². The van der Waals surface area contributed by atoms with Gasteiger partial charge in [0.2, 0.25) is 6.10 Å². The van der Waals surface area contributed by atoms with Crippen molar-refractivity contribution in [3.05, 3.63) is 69.2 Å². The van der Waals surface area contributed by atoms with Gasteiger partial charge in [-0.05, 0) is 12.1 Å². The second-order valence-electron chi connectivity index (χ2n) is 4.12. The number of hydrogen-bond acceptors (Lipinski definition) is 4. The molecule has 7 heteroatoms. The van der Waals surface area contributed by atoms with Gasteiger partial charge < -0.3 is 9.84 Å². The van der Waals surface area contributed by atoms with Crippen molar-refractivity contribution < 1.29 is 19.6 Å². The molecule has 21 heavy (non-hydrogen) atoms. The van der Waals surface area contributed by atoms with Crippen LogP contribution in [-0.2, 0) is 4.79 Å². The third kappa shape index (κ3) is 3.49. The van der Waals surface area contributed by atoms with Crippen LogP contribution in [0.25, 0.3) is 0 Å². The van der Waals surface area contributed by atoms with Gasteiger partial charge in [0.25, 0.3) is 0 Å². The molecule has 0 aromatic heterocycles. The van der Waals surface area contributed by atoms with Gasteiger partial charge in [0.1, 0.15) is 0 Å². The Labute approximate surface area is 124 Å². The number of carboxylic acid groups (broad SMARTS) is 1. The summed E-state index contributed by atoms with van der Waals surface area (Å²) < 4.78 is 5.31. The Hall–Kier alpha value is -2.60. The lowest BCUT2D eigenvalue weighted by molar-refractivity contribution is -0.386. The number of nitro groups is 1. The van der Waals surface area contributed by atoms with Crippen molar-refractivity contribution in [3.63, 3.8) is 0 Å². The average molecular weight is 308 g/mol. The molecule has 2 rings (SSSR count). The molecule has 6 nitrogen and oxygen atoms in total. The van der Waals surface area contributed by atoms with Crippen LogP contribution in [0.2, 0.25) is 5.02 Å². The molecule has 1 unspecified atom stereocenters. The topological polar surface area (TPSA) is 89.7 Å². The Bertz CT molecular complexity index is 674. The summed E-state index contributed by atoms with van der Waals surface area (Å²) in [6.45, 7) is 0. The van der Waals surface area contributed by atoms with Gasteiger partial charge in [-0.3, -0.25) is 10.1 Å². The molecule has 0 radical (unpaired) electrons. The fourth-order valence-corrected chi connectivity index (χ4v) is 1.92. The van der Waals surface area contributed by atoms with Crippen LogP contribution in [0.4, 0.5) is 5.69 Å². The van der Waals surface area contributed by atoms with Crippen LogP contribution in [-0.4, -0.2) is 16.0 Å². The smallest absolute Gasteiger partial charge is 0.349 e. The lowest BCUT2D eigenvalue weighted by Gasteiger charge is -2.15. The lowest BCUT2D eigenvalue weighted by atomic mass is 10.1. The molecule has 0 aliphatic rings. The van der Waals surface area contributed by atoms with Crippen LogP contribution in [0.1, 0.15) is 11.7 Å². The second-order valence-corrected chi connectivity index (χ2v) is 4.55. The Morgan fingerprint density at radius 1 is 1.24 bits per heavy atom. The minimum atomic E-state index is -1.34. The molecule has 0 heterocycles. The van der Waals surface area contributed by atoms with Crippen molar-refractivity contribution in [2.45, 2.75) is 6.10 Å². The van der Waals surface area contributed by atoms with Gasteiger partial charge in [0, 0.05) is 16.7 Å². The quantitative estimate of drug-likeness (QED) is 0.675. The molecule has 0 bridgehead atoms. The maximum Gasteiger partial charge on any atom is 0.349 e. The maximum absolute atomic E-state index is 11.3. The summed E-state index contributed by atoms with van der Waals surface area (Å²) in [5, 5.41) is 20.4. The number of aliphatic carboxylic acids is 1. The predicted octanol–water partition coefficient (Wildman–Crippen LogP) is 3.45. The second kappa shape index (κ2) is 6.23. The monoisotopic (exact) mass is 307 g/mol. The van der Waals surface area contributed by atoms with E-state index in [1.807, 2.05) is 0 Å². The summed E-state index contributed by atoms with van der Waals surface area (Å²) in [7, 11) is 0.